The minimum absolute atomic E-state index is 0.0657. The van der Waals surface area contributed by atoms with E-state index < -0.39 is 17.6 Å². The van der Waals surface area contributed by atoms with E-state index >= 15 is 0 Å². The Morgan fingerprint density at radius 2 is 1.91 bits per heavy atom. The van der Waals surface area contributed by atoms with E-state index in [1.165, 1.54) is 19.3 Å². The van der Waals surface area contributed by atoms with Crippen molar-refractivity contribution in [1.82, 2.24) is 5.32 Å². The van der Waals surface area contributed by atoms with Crippen LogP contribution in [0, 0.1) is 5.92 Å². The van der Waals surface area contributed by atoms with Crippen LogP contribution in [0.3, 0.4) is 0 Å². The van der Waals surface area contributed by atoms with Crippen LogP contribution < -0.4 is 10.1 Å². The molecule has 2 N–H and O–H groups in total. The normalized spacial score (nSPS) is 24.9. The van der Waals surface area contributed by atoms with Gasteiger partial charge in [0, 0.05) is 41.9 Å². The van der Waals surface area contributed by atoms with Gasteiger partial charge in [-0.1, -0.05) is 52.5 Å². The maximum absolute atomic E-state index is 13.2. The number of rotatable bonds is 8. The zero-order chi connectivity index (χ0) is 25.6. The Bertz CT molecular complexity index is 990. The standard InChI is InChI=1S/C29H41F2NO3/c1-6-7-8-9-12-27(2,3)19-14-23(33)25-21-13-18(26(34)32-20-16-29(30,31)17-20)10-11-22(21)28(4,5)35-24(25)15-19/h10,14-15,20-22,33H,6-9,11-13,16-17H2,1-5H3,(H,32,34)/t21-,22-/m1/s1. The summed E-state index contributed by atoms with van der Waals surface area (Å²) in [6.45, 7) is 10.8. The SMILES string of the molecule is CCCCCCC(C)(C)c1cc(O)c2c(c1)OC(C)(C)[C@@H]1CC=C(C(=O)NC3CC(F)(F)C3)C[C@@H]21. The first-order valence-electron chi connectivity index (χ1n) is 13.3. The number of nitrogens with one attached hydrogen (secondary N) is 1. The van der Waals surface area contributed by atoms with Crippen molar-refractivity contribution in [3.05, 3.63) is 34.9 Å². The molecule has 1 heterocycles. The van der Waals surface area contributed by atoms with Gasteiger partial charge in [-0.15, -0.1) is 0 Å². The molecule has 35 heavy (non-hydrogen) atoms. The number of hydrogen-bond donors (Lipinski definition) is 2. The number of benzene rings is 1. The second-order valence-corrected chi connectivity index (χ2v) is 12.1. The average molecular weight is 490 g/mol. The highest BCUT2D eigenvalue weighted by Crippen LogP contribution is 2.55. The number of phenolic OH excluding ortho intramolecular Hbond substituents is 1. The van der Waals surface area contributed by atoms with Gasteiger partial charge in [0.25, 0.3) is 5.92 Å². The second-order valence-electron chi connectivity index (χ2n) is 12.1. The van der Waals surface area contributed by atoms with Crippen LogP contribution in [0.1, 0.15) is 109 Å². The van der Waals surface area contributed by atoms with Gasteiger partial charge in [-0.3, -0.25) is 4.79 Å². The van der Waals surface area contributed by atoms with Crippen molar-refractivity contribution in [2.45, 2.75) is 121 Å². The number of hydrogen-bond acceptors (Lipinski definition) is 3. The zero-order valence-corrected chi connectivity index (χ0v) is 21.8. The fraction of sp³-hybridized carbons (Fsp3) is 0.690. The number of fused-ring (bicyclic) bond motifs is 3. The highest BCUT2D eigenvalue weighted by Gasteiger charge is 2.49. The number of ether oxygens (including phenoxy) is 1. The third kappa shape index (κ3) is 5.36. The van der Waals surface area contributed by atoms with Gasteiger partial charge < -0.3 is 15.2 Å². The van der Waals surface area contributed by atoms with E-state index in [0.29, 0.717) is 24.2 Å². The summed E-state index contributed by atoms with van der Waals surface area (Å²) in [5, 5.41) is 14.0. The molecule has 0 radical (unpaired) electrons. The third-order valence-corrected chi connectivity index (χ3v) is 8.45. The molecule has 0 saturated heterocycles. The van der Waals surface area contributed by atoms with E-state index in [9.17, 15) is 18.7 Å². The van der Waals surface area contributed by atoms with Gasteiger partial charge in [-0.2, -0.15) is 0 Å². The molecule has 1 fully saturated rings. The Morgan fingerprint density at radius 3 is 2.57 bits per heavy atom. The molecule has 1 aromatic carbocycles. The summed E-state index contributed by atoms with van der Waals surface area (Å²) in [5.41, 5.74) is 1.91. The van der Waals surface area contributed by atoms with Crippen LogP contribution in [0.5, 0.6) is 11.5 Å². The molecule has 3 aliphatic rings. The average Bonchev–Trinajstić information content (AvgIpc) is 2.74. The summed E-state index contributed by atoms with van der Waals surface area (Å²) in [5.74, 6) is -1.96. The zero-order valence-electron chi connectivity index (χ0n) is 21.8. The van der Waals surface area contributed by atoms with E-state index in [1.54, 1.807) is 0 Å². The lowest BCUT2D eigenvalue weighted by Gasteiger charge is -2.47. The van der Waals surface area contributed by atoms with Gasteiger partial charge in [0.1, 0.15) is 17.1 Å². The number of halogens is 2. The van der Waals surface area contributed by atoms with Gasteiger partial charge in [-0.25, -0.2) is 8.78 Å². The number of carbonyl (C=O) groups is 1. The molecule has 4 nitrogen and oxygen atoms in total. The number of unbranched alkanes of at least 4 members (excludes halogenated alkanes) is 3. The highest BCUT2D eigenvalue weighted by atomic mass is 19.3. The molecule has 1 saturated carbocycles. The first-order chi connectivity index (χ1) is 16.3. The predicted octanol–water partition coefficient (Wildman–Crippen LogP) is 7.15. The van der Waals surface area contributed by atoms with Crippen LogP contribution in [0.25, 0.3) is 0 Å². The van der Waals surface area contributed by atoms with Gasteiger partial charge in [-0.05, 0) is 56.2 Å². The lowest BCUT2D eigenvalue weighted by molar-refractivity contribution is -0.126. The van der Waals surface area contributed by atoms with Gasteiger partial charge >= 0.3 is 0 Å². The third-order valence-electron chi connectivity index (χ3n) is 8.45. The fourth-order valence-electron chi connectivity index (χ4n) is 6.15. The van der Waals surface area contributed by atoms with Crippen molar-refractivity contribution in [2.75, 3.05) is 0 Å². The Morgan fingerprint density at radius 1 is 1.20 bits per heavy atom. The summed E-state index contributed by atoms with van der Waals surface area (Å²) >= 11 is 0. The quantitative estimate of drug-likeness (QED) is 0.381. The number of amides is 1. The van der Waals surface area contributed by atoms with Crippen LogP contribution in [-0.4, -0.2) is 28.6 Å². The summed E-state index contributed by atoms with van der Waals surface area (Å²) in [6.07, 6.45) is 8.27. The molecule has 194 valence electrons. The number of phenols is 1. The van der Waals surface area contributed by atoms with E-state index in [-0.39, 0.29) is 41.7 Å². The maximum atomic E-state index is 13.2. The van der Waals surface area contributed by atoms with Crippen LogP contribution in [0.2, 0.25) is 0 Å². The van der Waals surface area contributed by atoms with E-state index in [2.05, 4.69) is 46.0 Å². The van der Waals surface area contributed by atoms with Crippen molar-refractivity contribution >= 4 is 5.91 Å². The molecule has 1 aliphatic heterocycles. The number of allylic oxidation sites excluding steroid dienone is 1. The molecule has 0 bridgehead atoms. The lowest BCUT2D eigenvalue weighted by Crippen LogP contribution is -2.51. The van der Waals surface area contributed by atoms with Crippen molar-refractivity contribution in [3.8, 4) is 11.5 Å². The molecule has 1 aromatic rings. The minimum atomic E-state index is -2.67. The van der Waals surface area contributed by atoms with Crippen molar-refractivity contribution in [2.24, 2.45) is 5.92 Å². The van der Waals surface area contributed by atoms with Gasteiger partial charge in [0.05, 0.1) is 0 Å². The molecule has 0 unspecified atom stereocenters. The molecule has 0 spiro atoms. The van der Waals surface area contributed by atoms with Gasteiger partial charge in [0.2, 0.25) is 5.91 Å². The maximum Gasteiger partial charge on any atom is 0.252 e. The molecular weight excluding hydrogens is 448 g/mol. The largest absolute Gasteiger partial charge is 0.508 e. The first kappa shape index (κ1) is 26.0. The van der Waals surface area contributed by atoms with Crippen molar-refractivity contribution < 1.29 is 23.4 Å². The Kier molecular flexibility index (Phi) is 6.98. The molecule has 0 aromatic heterocycles. The van der Waals surface area contributed by atoms with E-state index in [1.807, 2.05) is 12.1 Å². The van der Waals surface area contributed by atoms with Crippen molar-refractivity contribution in [1.29, 1.82) is 0 Å². The van der Waals surface area contributed by atoms with E-state index in [4.69, 9.17) is 4.74 Å². The number of carbonyl (C=O) groups excluding carboxylic acids is 1. The number of alkyl halides is 2. The topological polar surface area (TPSA) is 58.6 Å². The molecule has 2 atom stereocenters. The Hall–Kier alpha value is -2.11. The first-order valence-corrected chi connectivity index (χ1v) is 13.3. The summed E-state index contributed by atoms with van der Waals surface area (Å²) in [7, 11) is 0. The van der Waals surface area contributed by atoms with Crippen molar-refractivity contribution in [3.63, 3.8) is 0 Å². The molecule has 6 heteroatoms. The van der Waals surface area contributed by atoms with Crippen LogP contribution in [-0.2, 0) is 10.2 Å². The minimum Gasteiger partial charge on any atom is -0.508 e. The van der Waals surface area contributed by atoms with Gasteiger partial charge in [0.15, 0.2) is 0 Å². The van der Waals surface area contributed by atoms with E-state index in [0.717, 1.165) is 24.0 Å². The second kappa shape index (κ2) is 9.40. The Labute approximate surface area is 208 Å². The predicted molar refractivity (Wildman–Crippen MR) is 134 cm³/mol. The summed E-state index contributed by atoms with van der Waals surface area (Å²) in [4.78, 5) is 12.9. The van der Waals surface area contributed by atoms with Crippen LogP contribution in [0.4, 0.5) is 8.78 Å². The number of aromatic hydroxyl groups is 1. The molecule has 2 aliphatic carbocycles. The fourth-order valence-corrected chi connectivity index (χ4v) is 6.15. The summed E-state index contributed by atoms with van der Waals surface area (Å²) < 4.78 is 32.9. The molecule has 4 rings (SSSR count). The highest BCUT2D eigenvalue weighted by molar-refractivity contribution is 5.94. The van der Waals surface area contributed by atoms with Crippen LogP contribution in [0.15, 0.2) is 23.8 Å². The van der Waals surface area contributed by atoms with Crippen LogP contribution >= 0.6 is 0 Å². The lowest BCUT2D eigenvalue weighted by atomic mass is 9.66. The monoisotopic (exact) mass is 489 g/mol. The smallest absolute Gasteiger partial charge is 0.252 e. The molecule has 1 amide bonds. The summed E-state index contributed by atoms with van der Waals surface area (Å²) in [6, 6.07) is 3.50. The molecular formula is C29H41F2NO3. The Balaban J connectivity index is 1.56.